The van der Waals surface area contributed by atoms with E-state index in [9.17, 15) is 14.4 Å². The fraction of sp³-hybridized carbons (Fsp3) is 0.176. The lowest BCUT2D eigenvalue weighted by Gasteiger charge is -2.17. The topological polar surface area (TPSA) is 81.1 Å². The van der Waals surface area contributed by atoms with Crippen molar-refractivity contribution in [2.45, 2.75) is 19.4 Å². The summed E-state index contributed by atoms with van der Waals surface area (Å²) in [5, 5.41) is 4.60. The highest BCUT2D eigenvalue weighted by molar-refractivity contribution is 7.17. The molecule has 3 aromatic rings. The molecule has 0 atom stereocenters. The van der Waals surface area contributed by atoms with Gasteiger partial charge in [0.05, 0.1) is 18.4 Å². The van der Waals surface area contributed by atoms with E-state index in [0.29, 0.717) is 28.6 Å². The van der Waals surface area contributed by atoms with Crippen LogP contribution >= 0.6 is 11.3 Å². The molecule has 1 amide bonds. The van der Waals surface area contributed by atoms with E-state index in [4.69, 9.17) is 0 Å². The summed E-state index contributed by atoms with van der Waals surface area (Å²) in [6.45, 7) is -0.0508. The fourth-order valence-electron chi connectivity index (χ4n) is 2.79. The molecule has 2 aromatic heterocycles. The van der Waals surface area contributed by atoms with Crippen LogP contribution < -0.4 is 10.9 Å². The molecule has 0 radical (unpaired) electrons. The number of ketones is 1. The van der Waals surface area contributed by atoms with Crippen LogP contribution in [0.15, 0.2) is 40.8 Å². The zero-order valence-electron chi connectivity index (χ0n) is 12.6. The van der Waals surface area contributed by atoms with E-state index in [1.807, 2.05) is 5.38 Å². The van der Waals surface area contributed by atoms with Gasteiger partial charge >= 0.3 is 0 Å². The van der Waals surface area contributed by atoms with Crippen molar-refractivity contribution >= 4 is 38.9 Å². The van der Waals surface area contributed by atoms with Crippen molar-refractivity contribution in [3.63, 3.8) is 0 Å². The summed E-state index contributed by atoms with van der Waals surface area (Å²) in [4.78, 5) is 40.5. The van der Waals surface area contributed by atoms with Gasteiger partial charge in [-0.15, -0.1) is 11.3 Å². The third-order valence-corrected chi connectivity index (χ3v) is 4.96. The van der Waals surface area contributed by atoms with Crippen LogP contribution in [0.3, 0.4) is 0 Å². The Morgan fingerprint density at radius 1 is 1.25 bits per heavy atom. The summed E-state index contributed by atoms with van der Waals surface area (Å²) in [6, 6.07) is 6.99. The summed E-state index contributed by atoms with van der Waals surface area (Å²) < 4.78 is 1.89. The molecule has 7 heteroatoms. The molecule has 0 bridgehead atoms. The van der Waals surface area contributed by atoms with Crippen molar-refractivity contribution in [2.75, 3.05) is 5.32 Å². The van der Waals surface area contributed by atoms with Gasteiger partial charge in [0.25, 0.3) is 5.56 Å². The van der Waals surface area contributed by atoms with Crippen LogP contribution in [0.1, 0.15) is 22.3 Å². The van der Waals surface area contributed by atoms with Gasteiger partial charge < -0.3 is 5.32 Å². The number of amides is 1. The number of nitrogens with zero attached hydrogens (tertiary/aromatic N) is 2. The van der Waals surface area contributed by atoms with Crippen molar-refractivity contribution in [1.82, 2.24) is 9.55 Å². The maximum Gasteiger partial charge on any atom is 0.271 e. The molecule has 120 valence electrons. The number of hydrogen-bond acceptors (Lipinski definition) is 5. The highest BCUT2D eigenvalue weighted by atomic mass is 32.1. The third-order valence-electron chi connectivity index (χ3n) is 4.07. The van der Waals surface area contributed by atoms with Crippen molar-refractivity contribution in [1.29, 1.82) is 0 Å². The molecule has 0 aliphatic carbocycles. The number of Topliss-reactive ketones (excluding diaryl/α,β-unsaturated/α-hetero) is 1. The predicted molar refractivity (Wildman–Crippen MR) is 91.6 cm³/mol. The lowest BCUT2D eigenvalue weighted by atomic mass is 9.99. The molecule has 0 unspecified atom stereocenters. The zero-order chi connectivity index (χ0) is 16.7. The molecule has 0 saturated heterocycles. The maximum atomic E-state index is 12.5. The van der Waals surface area contributed by atoms with Crippen molar-refractivity contribution in [3.8, 4) is 0 Å². The highest BCUT2D eigenvalue weighted by Crippen LogP contribution is 2.24. The second-order valence-electron chi connectivity index (χ2n) is 5.66. The van der Waals surface area contributed by atoms with E-state index >= 15 is 0 Å². The van der Waals surface area contributed by atoms with Crippen LogP contribution in [-0.2, 0) is 17.8 Å². The normalized spacial score (nSPS) is 13.6. The molecule has 0 fully saturated rings. The molecule has 0 saturated carbocycles. The molecule has 3 heterocycles. The molecule has 1 aliphatic heterocycles. The Balaban J connectivity index is 1.63. The van der Waals surface area contributed by atoms with Gasteiger partial charge in [-0.25, -0.2) is 4.98 Å². The number of benzene rings is 1. The minimum Gasteiger partial charge on any atom is -0.326 e. The van der Waals surface area contributed by atoms with Crippen LogP contribution in [0.2, 0.25) is 0 Å². The van der Waals surface area contributed by atoms with Crippen molar-refractivity contribution < 1.29 is 9.59 Å². The minimum atomic E-state index is -0.200. The van der Waals surface area contributed by atoms with Crippen molar-refractivity contribution in [2.24, 2.45) is 0 Å². The molecule has 1 aliphatic rings. The van der Waals surface area contributed by atoms with Crippen LogP contribution in [0.25, 0.3) is 10.2 Å². The Kier molecular flexibility index (Phi) is 3.50. The fourth-order valence-corrected chi connectivity index (χ4v) is 3.59. The minimum absolute atomic E-state index is 0.0107. The summed E-state index contributed by atoms with van der Waals surface area (Å²) in [5.41, 5.74) is 2.68. The Bertz CT molecular complexity index is 1030. The van der Waals surface area contributed by atoms with E-state index in [-0.39, 0.29) is 23.8 Å². The van der Waals surface area contributed by atoms with Gasteiger partial charge in [0, 0.05) is 17.7 Å². The zero-order valence-corrected chi connectivity index (χ0v) is 13.4. The number of aryl methyl sites for hydroxylation is 1. The number of anilines is 1. The number of hydrogen-bond donors (Lipinski definition) is 1. The second kappa shape index (κ2) is 5.68. The standard InChI is InChI=1S/C17H13N3O3S/c21-14(8-20-9-18-13-5-6-24-16(13)17(20)23)11-1-3-12-10(7-11)2-4-15(22)19-12/h1,3,5-7,9H,2,4,8H2,(H,19,22). The van der Waals surface area contributed by atoms with Crippen LogP contribution in [0, 0.1) is 0 Å². The first-order valence-electron chi connectivity index (χ1n) is 7.50. The van der Waals surface area contributed by atoms with E-state index in [1.54, 1.807) is 24.3 Å². The number of aromatic nitrogens is 2. The SMILES string of the molecule is O=C1CCc2cc(C(=O)Cn3cnc4ccsc4c3=O)ccc2N1. The molecule has 4 rings (SSSR count). The van der Waals surface area contributed by atoms with E-state index in [0.717, 1.165) is 11.3 Å². The predicted octanol–water partition coefficient (Wildman–Crippen LogP) is 2.23. The molecule has 0 spiro atoms. The molecule has 1 N–H and O–H groups in total. The smallest absolute Gasteiger partial charge is 0.271 e. The largest absolute Gasteiger partial charge is 0.326 e. The summed E-state index contributed by atoms with van der Waals surface area (Å²) in [6.07, 6.45) is 2.45. The third kappa shape index (κ3) is 2.52. The second-order valence-corrected chi connectivity index (χ2v) is 6.57. The summed E-state index contributed by atoms with van der Waals surface area (Å²) in [7, 11) is 0. The Morgan fingerprint density at radius 3 is 3.00 bits per heavy atom. The van der Waals surface area contributed by atoms with Gasteiger partial charge in [0.2, 0.25) is 5.91 Å². The average Bonchev–Trinajstić information content (AvgIpc) is 3.06. The maximum absolute atomic E-state index is 12.5. The van der Waals surface area contributed by atoms with Gasteiger partial charge in [-0.3, -0.25) is 19.0 Å². The molecule has 1 aromatic carbocycles. The van der Waals surface area contributed by atoms with Crippen LogP contribution in [-0.4, -0.2) is 21.2 Å². The van der Waals surface area contributed by atoms with Crippen molar-refractivity contribution in [3.05, 3.63) is 57.5 Å². The monoisotopic (exact) mass is 339 g/mol. The first-order valence-corrected chi connectivity index (χ1v) is 8.38. The van der Waals surface area contributed by atoms with Gasteiger partial charge in [-0.2, -0.15) is 0 Å². The van der Waals surface area contributed by atoms with Crippen LogP contribution in [0.4, 0.5) is 5.69 Å². The number of carbonyl (C=O) groups is 2. The highest BCUT2D eigenvalue weighted by Gasteiger charge is 2.17. The Labute approximate surface area is 140 Å². The van der Waals surface area contributed by atoms with E-state index in [2.05, 4.69) is 10.3 Å². The van der Waals surface area contributed by atoms with Gasteiger partial charge in [0.15, 0.2) is 5.78 Å². The van der Waals surface area contributed by atoms with E-state index in [1.165, 1.54) is 22.2 Å². The van der Waals surface area contributed by atoms with Gasteiger partial charge in [0.1, 0.15) is 4.70 Å². The quantitative estimate of drug-likeness (QED) is 0.742. The van der Waals surface area contributed by atoms with Gasteiger partial charge in [-0.05, 0) is 41.6 Å². The number of nitrogens with one attached hydrogen (secondary N) is 1. The lowest BCUT2D eigenvalue weighted by Crippen LogP contribution is -2.24. The number of rotatable bonds is 3. The van der Waals surface area contributed by atoms with Crippen LogP contribution in [0.5, 0.6) is 0 Å². The molecular weight excluding hydrogens is 326 g/mol. The number of thiophene rings is 1. The Hall–Kier alpha value is -2.80. The van der Waals surface area contributed by atoms with Gasteiger partial charge in [-0.1, -0.05) is 0 Å². The Morgan fingerprint density at radius 2 is 2.12 bits per heavy atom. The molecule has 24 heavy (non-hydrogen) atoms. The van der Waals surface area contributed by atoms with E-state index < -0.39 is 0 Å². The first-order chi connectivity index (χ1) is 11.6. The molecule has 6 nitrogen and oxygen atoms in total. The summed E-state index contributed by atoms with van der Waals surface area (Å²) in [5.74, 6) is -0.169. The number of carbonyl (C=O) groups excluding carboxylic acids is 2. The summed E-state index contributed by atoms with van der Waals surface area (Å²) >= 11 is 1.32. The molecular formula is C17H13N3O3S. The first kappa shape index (κ1) is 14.8. The lowest BCUT2D eigenvalue weighted by molar-refractivity contribution is -0.116. The average molecular weight is 339 g/mol. The number of fused-ring (bicyclic) bond motifs is 2.